The Balaban J connectivity index is 1.76. The smallest absolute Gasteiger partial charge is 0.188 e. The molecule has 1 aromatic rings. The predicted octanol–water partition coefficient (Wildman–Crippen LogP) is 1.98. The van der Waals surface area contributed by atoms with Gasteiger partial charge in [0.2, 0.25) is 0 Å². The molecule has 1 aliphatic heterocycles. The highest BCUT2D eigenvalue weighted by molar-refractivity contribution is 5.77. The molecule has 0 atom stereocenters. The number of likely N-dealkylation sites (tertiary alicyclic amines) is 1. The van der Waals surface area contributed by atoms with Crippen molar-refractivity contribution in [2.75, 3.05) is 40.4 Å². The fourth-order valence-corrected chi connectivity index (χ4v) is 2.91. The molecule has 0 amide bonds. The molecule has 1 fully saturated rings. The van der Waals surface area contributed by atoms with Gasteiger partial charge in [-0.3, -0.25) is 0 Å². The average Bonchev–Trinajstić information content (AvgIpc) is 2.88. The largest absolute Gasteiger partial charge is 0.493 e. The molecule has 1 saturated heterocycles. The minimum atomic E-state index is 0.486. The molecule has 3 N–H and O–H groups in total. The molecule has 0 radical (unpaired) electrons. The fourth-order valence-electron chi connectivity index (χ4n) is 2.91. The number of methoxy groups -OCH3 is 2. The Morgan fingerprint density at radius 1 is 1.12 bits per heavy atom. The first-order valence-corrected chi connectivity index (χ1v) is 8.70. The van der Waals surface area contributed by atoms with E-state index in [-0.39, 0.29) is 0 Å². The quantitative estimate of drug-likeness (QED) is 0.589. The molecule has 6 heteroatoms. The summed E-state index contributed by atoms with van der Waals surface area (Å²) in [5, 5.41) is 3.20. The monoisotopic (exact) mass is 334 g/mol. The van der Waals surface area contributed by atoms with Gasteiger partial charge in [-0.2, -0.15) is 0 Å². The van der Waals surface area contributed by atoms with Crippen molar-refractivity contribution in [2.45, 2.75) is 32.2 Å². The Kier molecular flexibility index (Phi) is 7.68. The molecule has 2 rings (SSSR count). The van der Waals surface area contributed by atoms with E-state index in [0.717, 1.165) is 18.7 Å². The first-order valence-electron chi connectivity index (χ1n) is 8.70. The number of hydrogen-bond acceptors (Lipinski definition) is 4. The van der Waals surface area contributed by atoms with Gasteiger partial charge in [0.05, 0.1) is 20.8 Å². The molecule has 24 heavy (non-hydrogen) atoms. The molecule has 0 aliphatic carbocycles. The third-order valence-electron chi connectivity index (χ3n) is 4.31. The Morgan fingerprint density at radius 3 is 2.50 bits per heavy atom. The number of benzene rings is 1. The van der Waals surface area contributed by atoms with Gasteiger partial charge in [0, 0.05) is 13.1 Å². The Morgan fingerprint density at radius 2 is 1.83 bits per heavy atom. The molecule has 1 aromatic carbocycles. The second-order valence-corrected chi connectivity index (χ2v) is 6.07. The van der Waals surface area contributed by atoms with Crippen molar-refractivity contribution in [3.63, 3.8) is 0 Å². The van der Waals surface area contributed by atoms with E-state index in [1.807, 2.05) is 18.2 Å². The zero-order chi connectivity index (χ0) is 17.2. The summed E-state index contributed by atoms with van der Waals surface area (Å²) < 4.78 is 10.5. The van der Waals surface area contributed by atoms with Crippen molar-refractivity contribution in [3.05, 3.63) is 23.8 Å². The lowest BCUT2D eigenvalue weighted by Gasteiger charge is -2.19. The van der Waals surface area contributed by atoms with Gasteiger partial charge in [-0.15, -0.1) is 0 Å². The fraction of sp³-hybridized carbons (Fsp3) is 0.611. The summed E-state index contributed by atoms with van der Waals surface area (Å²) in [5.41, 5.74) is 6.99. The van der Waals surface area contributed by atoms with E-state index in [1.165, 1.54) is 38.8 Å². The summed E-state index contributed by atoms with van der Waals surface area (Å²) in [6.45, 7) is 4.77. The van der Waals surface area contributed by atoms with Gasteiger partial charge in [-0.25, -0.2) is 4.99 Å². The van der Waals surface area contributed by atoms with Crippen LogP contribution in [0.15, 0.2) is 23.2 Å². The highest BCUT2D eigenvalue weighted by Crippen LogP contribution is 2.27. The highest BCUT2D eigenvalue weighted by atomic mass is 16.5. The molecule has 1 heterocycles. The minimum Gasteiger partial charge on any atom is -0.493 e. The lowest BCUT2D eigenvalue weighted by atomic mass is 10.2. The molecular weight excluding hydrogens is 304 g/mol. The van der Waals surface area contributed by atoms with E-state index in [1.54, 1.807) is 14.2 Å². The topological polar surface area (TPSA) is 72.1 Å². The number of nitrogens with two attached hydrogens (primary N) is 1. The molecular formula is C18H30N4O2. The number of ether oxygens (including phenoxy) is 2. The minimum absolute atomic E-state index is 0.486. The van der Waals surface area contributed by atoms with Crippen molar-refractivity contribution in [1.29, 1.82) is 0 Å². The second-order valence-electron chi connectivity index (χ2n) is 6.07. The summed E-state index contributed by atoms with van der Waals surface area (Å²) in [7, 11) is 3.26. The van der Waals surface area contributed by atoms with Gasteiger partial charge in [-0.1, -0.05) is 18.9 Å². The van der Waals surface area contributed by atoms with Gasteiger partial charge in [0.1, 0.15) is 0 Å². The number of guanidine groups is 1. The van der Waals surface area contributed by atoms with Crippen LogP contribution < -0.4 is 20.5 Å². The molecule has 1 aliphatic rings. The maximum atomic E-state index is 5.96. The molecule has 6 nitrogen and oxygen atoms in total. The lowest BCUT2D eigenvalue weighted by Crippen LogP contribution is -2.38. The van der Waals surface area contributed by atoms with E-state index >= 15 is 0 Å². The van der Waals surface area contributed by atoms with E-state index in [0.29, 0.717) is 24.0 Å². The molecule has 134 valence electrons. The molecule has 0 saturated carbocycles. The van der Waals surface area contributed by atoms with Crippen LogP contribution in [0.25, 0.3) is 0 Å². The molecule has 0 bridgehead atoms. The summed E-state index contributed by atoms with van der Waals surface area (Å²) in [6.07, 6.45) is 5.34. The van der Waals surface area contributed by atoms with Gasteiger partial charge in [-0.05, 0) is 43.6 Å². The number of nitrogens with zero attached hydrogens (tertiary/aromatic N) is 2. The maximum Gasteiger partial charge on any atom is 0.188 e. The van der Waals surface area contributed by atoms with Crippen LogP contribution in [0.1, 0.15) is 31.2 Å². The van der Waals surface area contributed by atoms with Crippen LogP contribution in [0.2, 0.25) is 0 Å². The van der Waals surface area contributed by atoms with Crippen molar-refractivity contribution in [2.24, 2.45) is 10.7 Å². The van der Waals surface area contributed by atoms with E-state index in [9.17, 15) is 0 Å². The molecule has 0 aromatic heterocycles. The van der Waals surface area contributed by atoms with Crippen LogP contribution >= 0.6 is 0 Å². The van der Waals surface area contributed by atoms with Crippen LogP contribution in [0.5, 0.6) is 11.5 Å². The summed E-state index contributed by atoms with van der Waals surface area (Å²) in [5.74, 6) is 1.91. The van der Waals surface area contributed by atoms with Crippen molar-refractivity contribution >= 4 is 5.96 Å². The Bertz CT molecular complexity index is 526. The van der Waals surface area contributed by atoms with Gasteiger partial charge < -0.3 is 25.4 Å². The zero-order valence-electron chi connectivity index (χ0n) is 14.9. The first kappa shape index (κ1) is 18.4. The van der Waals surface area contributed by atoms with Gasteiger partial charge in [0.15, 0.2) is 17.5 Å². The highest BCUT2D eigenvalue weighted by Gasteiger charge is 2.08. The predicted molar refractivity (Wildman–Crippen MR) is 97.8 cm³/mol. The second kappa shape index (κ2) is 10.0. The molecule has 0 unspecified atom stereocenters. The zero-order valence-corrected chi connectivity index (χ0v) is 14.9. The van der Waals surface area contributed by atoms with Crippen molar-refractivity contribution < 1.29 is 9.47 Å². The standard InChI is InChI=1S/C18H30N4O2/c1-23-16-8-7-15(13-17(16)24-2)14-21-18(19)20-9-12-22-10-5-3-4-6-11-22/h7-8,13H,3-6,9-12,14H2,1-2H3,(H3,19,20,21). The average molecular weight is 334 g/mol. The van der Waals surface area contributed by atoms with Crippen LogP contribution in [-0.2, 0) is 6.54 Å². The first-order chi connectivity index (χ1) is 11.7. The Hall–Kier alpha value is -1.95. The van der Waals surface area contributed by atoms with E-state index < -0.39 is 0 Å². The van der Waals surface area contributed by atoms with Gasteiger partial charge in [0.25, 0.3) is 0 Å². The third-order valence-corrected chi connectivity index (χ3v) is 4.31. The summed E-state index contributed by atoms with van der Waals surface area (Å²) >= 11 is 0. The summed E-state index contributed by atoms with van der Waals surface area (Å²) in [6, 6.07) is 5.77. The van der Waals surface area contributed by atoms with E-state index in [4.69, 9.17) is 15.2 Å². The van der Waals surface area contributed by atoms with Crippen molar-refractivity contribution in [1.82, 2.24) is 10.2 Å². The van der Waals surface area contributed by atoms with Gasteiger partial charge >= 0.3 is 0 Å². The number of hydrogen-bond donors (Lipinski definition) is 2. The van der Waals surface area contributed by atoms with Crippen molar-refractivity contribution in [3.8, 4) is 11.5 Å². The summed E-state index contributed by atoms with van der Waals surface area (Å²) in [4.78, 5) is 6.90. The van der Waals surface area contributed by atoms with Crippen LogP contribution in [0.3, 0.4) is 0 Å². The lowest BCUT2D eigenvalue weighted by molar-refractivity contribution is 0.289. The number of rotatable bonds is 7. The van der Waals surface area contributed by atoms with Crippen LogP contribution in [0, 0.1) is 0 Å². The maximum absolute atomic E-state index is 5.96. The van der Waals surface area contributed by atoms with Crippen LogP contribution in [0.4, 0.5) is 0 Å². The molecule has 0 spiro atoms. The number of nitrogens with one attached hydrogen (secondary N) is 1. The van der Waals surface area contributed by atoms with Crippen LogP contribution in [-0.4, -0.2) is 51.3 Å². The Labute approximate surface area is 145 Å². The SMILES string of the molecule is COc1ccc(CN=C(N)NCCN2CCCCCC2)cc1OC. The third kappa shape index (κ3) is 5.92. The van der Waals surface area contributed by atoms with E-state index in [2.05, 4.69) is 15.2 Å². The number of aliphatic imine (C=N–C) groups is 1. The normalized spacial score (nSPS) is 16.5.